The maximum absolute atomic E-state index is 13.5. The summed E-state index contributed by atoms with van der Waals surface area (Å²) in [7, 11) is -0.0757. The lowest BCUT2D eigenvalue weighted by Gasteiger charge is -2.37. The summed E-state index contributed by atoms with van der Waals surface area (Å²) in [4.78, 5) is 19.5. The third-order valence-corrected chi connectivity index (χ3v) is 13.1. The monoisotopic (exact) mass is 835 g/mol. The largest absolute Gasteiger partial charge is 0.368 e. The third kappa shape index (κ3) is 10.2. The van der Waals surface area contributed by atoms with Crippen LogP contribution in [0.1, 0.15) is 12.0 Å². The highest BCUT2D eigenvalue weighted by atomic mass is 35.5. The minimum atomic E-state index is -4.09. The minimum absolute atomic E-state index is 0.148. The van der Waals surface area contributed by atoms with Crippen LogP contribution >= 0.6 is 23.4 Å². The molecule has 1 aliphatic rings. The van der Waals surface area contributed by atoms with Crippen molar-refractivity contribution in [1.82, 2.24) is 14.7 Å². The van der Waals surface area contributed by atoms with Crippen LogP contribution in [-0.4, -0.2) is 80.6 Å². The lowest BCUT2D eigenvalue weighted by molar-refractivity contribution is -0.385. The maximum Gasteiger partial charge on any atom is 0.273 e. The summed E-state index contributed by atoms with van der Waals surface area (Å²) in [5, 5.41) is 17.5. The first kappa shape index (κ1) is 40.8. The lowest BCUT2D eigenvalue weighted by Crippen LogP contribution is -2.46. The number of halogens is 1. The standard InChI is InChI=1S/C44H46ClN7O4S2/c1-48(2)24-22-33(32-57-41-9-4-3-5-10-41)29-35-11-20-42(31-44(35)52(53)54)58(55,56)47-37-14-18-38(19-15-37)49-25-27-50(28-26-49)40-8-6-7-34(30-40)43-21-23-46-51(43)39-16-12-36(45)13-17-39/h3-21,23,30-31,33,47H,22,24-29,32H2,1-2H3/t33-/m1/s1. The summed E-state index contributed by atoms with van der Waals surface area (Å²) >= 11 is 7.84. The van der Waals surface area contributed by atoms with Crippen LogP contribution < -0.4 is 14.5 Å². The molecule has 7 rings (SSSR count). The predicted octanol–water partition coefficient (Wildman–Crippen LogP) is 9.13. The number of piperazine rings is 1. The van der Waals surface area contributed by atoms with E-state index in [1.165, 1.54) is 12.1 Å². The SMILES string of the molecule is CN(C)CC[C@@H](CSc1ccccc1)Cc1ccc(S(=O)(=O)Nc2ccc(N3CCN(c4cccc(-c5ccnn5-c5ccc(Cl)cc5)c4)CC3)cc2)cc1[N+](=O)[O-]. The number of nitrogens with one attached hydrogen (secondary N) is 1. The Morgan fingerprint density at radius 3 is 2.21 bits per heavy atom. The molecular formula is C44H46ClN7O4S2. The van der Waals surface area contributed by atoms with Crippen LogP contribution in [0.15, 0.2) is 143 Å². The van der Waals surface area contributed by atoms with Gasteiger partial charge in [-0.1, -0.05) is 48.0 Å². The Morgan fingerprint density at radius 1 is 0.828 bits per heavy atom. The smallest absolute Gasteiger partial charge is 0.273 e. The van der Waals surface area contributed by atoms with Gasteiger partial charge >= 0.3 is 0 Å². The molecule has 6 aromatic rings. The first-order valence-corrected chi connectivity index (χ1v) is 22.0. The number of aromatic nitrogens is 2. The van der Waals surface area contributed by atoms with E-state index >= 15 is 0 Å². The van der Waals surface area contributed by atoms with Crippen LogP contribution in [0.25, 0.3) is 16.9 Å². The summed E-state index contributed by atoms with van der Waals surface area (Å²) in [5.74, 6) is 0.943. The molecule has 0 radical (unpaired) electrons. The molecule has 1 aromatic heterocycles. The predicted molar refractivity (Wildman–Crippen MR) is 236 cm³/mol. The molecule has 11 nitrogen and oxygen atoms in total. The highest BCUT2D eigenvalue weighted by Gasteiger charge is 2.25. The van der Waals surface area contributed by atoms with Crippen LogP contribution in [0, 0.1) is 16.0 Å². The van der Waals surface area contributed by atoms with Gasteiger partial charge in [-0.2, -0.15) is 5.10 Å². The first-order chi connectivity index (χ1) is 28.0. The number of anilines is 3. The Hall–Kier alpha value is -5.34. The number of rotatable bonds is 16. The van der Waals surface area contributed by atoms with Gasteiger partial charge in [0.2, 0.25) is 0 Å². The molecule has 300 valence electrons. The van der Waals surface area contributed by atoms with Gasteiger partial charge in [0.1, 0.15) is 0 Å². The van der Waals surface area contributed by atoms with Crippen molar-refractivity contribution in [3.05, 3.63) is 154 Å². The lowest BCUT2D eigenvalue weighted by atomic mass is 9.96. The van der Waals surface area contributed by atoms with Gasteiger partial charge in [-0.05, 0) is 124 Å². The Morgan fingerprint density at radius 2 is 1.52 bits per heavy atom. The molecule has 0 bridgehead atoms. The third-order valence-electron chi connectivity index (χ3n) is 10.3. The second-order valence-corrected chi connectivity index (χ2v) is 17.8. The molecule has 5 aromatic carbocycles. The fraction of sp³-hybridized carbons (Fsp3) is 0.250. The molecule has 1 N–H and O–H groups in total. The molecule has 0 saturated carbocycles. The van der Waals surface area contributed by atoms with E-state index < -0.39 is 14.9 Å². The number of nitro benzene ring substituents is 1. The van der Waals surface area contributed by atoms with Gasteiger partial charge < -0.3 is 14.7 Å². The Labute approximate surface area is 349 Å². The molecule has 0 spiro atoms. The Bertz CT molecular complexity index is 2420. The van der Waals surface area contributed by atoms with E-state index in [0.29, 0.717) is 22.7 Å². The van der Waals surface area contributed by atoms with Crippen molar-refractivity contribution in [3.8, 4) is 16.9 Å². The molecule has 2 heterocycles. The molecule has 0 unspecified atom stereocenters. The molecule has 1 fully saturated rings. The zero-order valence-corrected chi connectivity index (χ0v) is 34.8. The highest BCUT2D eigenvalue weighted by molar-refractivity contribution is 7.99. The minimum Gasteiger partial charge on any atom is -0.368 e. The van der Waals surface area contributed by atoms with Crippen molar-refractivity contribution in [2.75, 3.05) is 67.1 Å². The average molecular weight is 836 g/mol. The van der Waals surface area contributed by atoms with Gasteiger partial charge in [0.15, 0.2) is 0 Å². The molecule has 1 saturated heterocycles. The van der Waals surface area contributed by atoms with E-state index in [1.54, 1.807) is 36.2 Å². The summed E-state index contributed by atoms with van der Waals surface area (Å²) in [5.41, 5.74) is 5.82. The second-order valence-electron chi connectivity index (χ2n) is 14.6. The molecule has 0 amide bonds. The van der Waals surface area contributed by atoms with Crippen LogP contribution in [0.4, 0.5) is 22.7 Å². The number of hydrogen-bond acceptors (Lipinski definition) is 9. The fourth-order valence-corrected chi connectivity index (χ4v) is 9.40. The van der Waals surface area contributed by atoms with Crippen molar-refractivity contribution >= 4 is 56.1 Å². The number of sulfonamides is 1. The van der Waals surface area contributed by atoms with Crippen molar-refractivity contribution in [2.45, 2.75) is 22.6 Å². The van der Waals surface area contributed by atoms with E-state index in [0.717, 1.165) is 78.1 Å². The molecular weight excluding hydrogens is 790 g/mol. The number of nitrogens with zero attached hydrogens (tertiary/aromatic N) is 6. The molecule has 14 heteroatoms. The van der Waals surface area contributed by atoms with Gasteiger partial charge in [-0.25, -0.2) is 13.1 Å². The van der Waals surface area contributed by atoms with Crippen molar-refractivity contribution in [3.63, 3.8) is 0 Å². The second kappa shape index (κ2) is 18.5. The molecule has 0 aliphatic carbocycles. The number of thioether (sulfide) groups is 1. The quantitative estimate of drug-likeness (QED) is 0.0579. The average Bonchev–Trinajstić information content (AvgIpc) is 3.73. The van der Waals surface area contributed by atoms with Gasteiger partial charge in [0, 0.05) is 76.1 Å². The zero-order valence-electron chi connectivity index (χ0n) is 32.4. The fourth-order valence-electron chi connectivity index (χ4n) is 7.13. The van der Waals surface area contributed by atoms with E-state index in [1.807, 2.05) is 79.4 Å². The number of nitro groups is 1. The molecule has 58 heavy (non-hydrogen) atoms. The van der Waals surface area contributed by atoms with Crippen molar-refractivity contribution in [1.29, 1.82) is 0 Å². The first-order valence-electron chi connectivity index (χ1n) is 19.2. The summed E-state index contributed by atoms with van der Waals surface area (Å²) in [6, 6.07) is 39.7. The number of hydrogen-bond donors (Lipinski definition) is 1. The van der Waals surface area contributed by atoms with E-state index in [4.69, 9.17) is 11.6 Å². The normalized spacial score (nSPS) is 13.8. The van der Waals surface area contributed by atoms with Gasteiger partial charge in [0.25, 0.3) is 15.7 Å². The van der Waals surface area contributed by atoms with E-state index in [2.05, 4.69) is 60.9 Å². The van der Waals surface area contributed by atoms with Crippen LogP contribution in [0.5, 0.6) is 0 Å². The van der Waals surface area contributed by atoms with Gasteiger partial charge in [-0.3, -0.25) is 14.8 Å². The topological polar surface area (TPSA) is 117 Å². The maximum atomic E-state index is 13.5. The van der Waals surface area contributed by atoms with Crippen LogP contribution in [0.3, 0.4) is 0 Å². The number of benzene rings is 5. The highest BCUT2D eigenvalue weighted by Crippen LogP contribution is 2.32. The van der Waals surface area contributed by atoms with Gasteiger partial charge in [0.05, 0.1) is 27.4 Å². The summed E-state index contributed by atoms with van der Waals surface area (Å²) < 4.78 is 31.6. The van der Waals surface area contributed by atoms with E-state index in [-0.39, 0.29) is 16.5 Å². The Kier molecular flexibility index (Phi) is 13.0. The van der Waals surface area contributed by atoms with Crippen LogP contribution in [-0.2, 0) is 16.4 Å². The summed E-state index contributed by atoms with van der Waals surface area (Å²) in [6.45, 7) is 4.04. The Balaban J connectivity index is 0.974. The molecule has 1 atom stereocenters. The van der Waals surface area contributed by atoms with E-state index in [9.17, 15) is 18.5 Å². The van der Waals surface area contributed by atoms with Crippen molar-refractivity contribution in [2.24, 2.45) is 5.92 Å². The zero-order chi connectivity index (χ0) is 40.6. The van der Waals surface area contributed by atoms with Gasteiger partial charge in [-0.15, -0.1) is 11.8 Å². The summed E-state index contributed by atoms with van der Waals surface area (Å²) in [6.07, 6.45) is 3.12. The van der Waals surface area contributed by atoms with Crippen LogP contribution in [0.2, 0.25) is 5.02 Å². The van der Waals surface area contributed by atoms with Crippen molar-refractivity contribution < 1.29 is 13.3 Å². The molecule has 1 aliphatic heterocycles.